The van der Waals surface area contributed by atoms with Crippen molar-refractivity contribution < 1.29 is 33.0 Å². The van der Waals surface area contributed by atoms with Crippen LogP contribution in [0.1, 0.15) is 0 Å². The Morgan fingerprint density at radius 2 is 1.37 bits per heavy atom. The first-order valence-corrected chi connectivity index (χ1v) is 6.56. The monoisotopic (exact) mass is 330 g/mol. The van der Waals surface area contributed by atoms with E-state index < -0.39 is 10.0 Å². The molecule has 98 valence electrons. The Hall–Kier alpha value is -1.43. The Morgan fingerprint density at radius 1 is 0.895 bits per heavy atom. The zero-order valence-corrected chi connectivity index (χ0v) is 14.0. The molecular weight excluding hydrogens is 318 g/mol. The molecule has 7 heteroatoms. The average Bonchev–Trinajstić information content (AvgIpc) is 2.30. The van der Waals surface area contributed by atoms with E-state index in [2.05, 4.69) is 0 Å². The molecule has 0 atom stereocenters. The number of benzene rings is 2. The number of sulfonamides is 1. The fourth-order valence-electron chi connectivity index (χ4n) is 1.09. The number of phenols is 1. The number of primary sulfonamides is 1. The zero-order valence-electron chi connectivity index (χ0n) is 10.2. The van der Waals surface area contributed by atoms with E-state index in [0.29, 0.717) is 11.4 Å². The third-order valence-corrected chi connectivity index (χ3v) is 2.89. The quantitative estimate of drug-likeness (QED) is 0.541. The molecule has 0 aliphatic heterocycles. The van der Waals surface area contributed by atoms with Gasteiger partial charge in [-0.1, -0.05) is 18.2 Å². The van der Waals surface area contributed by atoms with Crippen LogP contribution in [-0.4, -0.2) is 13.5 Å². The molecule has 0 aromatic heterocycles. The van der Waals surface area contributed by atoms with Gasteiger partial charge in [-0.2, -0.15) is 0 Å². The second-order valence-corrected chi connectivity index (χ2v) is 5.01. The van der Waals surface area contributed by atoms with Crippen LogP contribution in [0, 0.1) is 0 Å². The van der Waals surface area contributed by atoms with Gasteiger partial charge in [-0.05, 0) is 36.4 Å². The fourth-order valence-corrected chi connectivity index (χ4v) is 1.60. The number of hydrogen-bond acceptors (Lipinski definition) is 4. The first kappa shape index (κ1) is 17.6. The average molecular weight is 332 g/mol. The van der Waals surface area contributed by atoms with Crippen molar-refractivity contribution in [2.45, 2.75) is 4.90 Å². The Kier molecular flexibility index (Phi) is 7.30. The van der Waals surface area contributed by atoms with Crippen molar-refractivity contribution in [2.75, 3.05) is 5.73 Å². The standard InChI is InChI=1S/C6H8N2O2S.C6H6O.Zn/c7-5-1-3-6(4-2-5)11(8,9)10;7-6-4-2-1-3-5-6;/h1-4H,7H2,(H2,8,9,10);1-5,7H;. The molecule has 2 aromatic carbocycles. The molecule has 0 fully saturated rings. The van der Waals surface area contributed by atoms with Crippen molar-refractivity contribution in [3.63, 3.8) is 0 Å². The van der Waals surface area contributed by atoms with Crippen LogP contribution in [0.15, 0.2) is 59.5 Å². The van der Waals surface area contributed by atoms with Crippen LogP contribution in [-0.2, 0) is 29.5 Å². The summed E-state index contributed by atoms with van der Waals surface area (Å²) in [6, 6.07) is 14.4. The van der Waals surface area contributed by atoms with Crippen LogP contribution >= 0.6 is 0 Å². The van der Waals surface area contributed by atoms with Gasteiger partial charge in [0.25, 0.3) is 0 Å². The van der Waals surface area contributed by atoms with Crippen LogP contribution in [0.4, 0.5) is 5.69 Å². The van der Waals surface area contributed by atoms with Crippen LogP contribution in [0.25, 0.3) is 0 Å². The number of nitrogen functional groups attached to an aromatic ring is 1. The maximum absolute atomic E-state index is 10.7. The molecule has 5 nitrogen and oxygen atoms in total. The van der Waals surface area contributed by atoms with Crippen molar-refractivity contribution in [1.82, 2.24) is 0 Å². The van der Waals surface area contributed by atoms with Crippen molar-refractivity contribution >= 4 is 15.7 Å². The van der Waals surface area contributed by atoms with Gasteiger partial charge in [0.1, 0.15) is 5.75 Å². The fraction of sp³-hybridized carbons (Fsp3) is 0. The molecule has 5 N–H and O–H groups in total. The second-order valence-electron chi connectivity index (χ2n) is 3.45. The third-order valence-electron chi connectivity index (χ3n) is 1.96. The second kappa shape index (κ2) is 7.89. The van der Waals surface area contributed by atoms with Gasteiger partial charge in [0, 0.05) is 25.2 Å². The number of anilines is 1. The van der Waals surface area contributed by atoms with Crippen molar-refractivity contribution in [3.05, 3.63) is 54.6 Å². The van der Waals surface area contributed by atoms with Crippen molar-refractivity contribution in [2.24, 2.45) is 5.14 Å². The zero-order chi connectivity index (χ0) is 13.6. The number of aromatic hydroxyl groups is 1. The van der Waals surface area contributed by atoms with Crippen LogP contribution in [0.2, 0.25) is 0 Å². The molecular formula is C12H14N2O3SZn. The van der Waals surface area contributed by atoms with Crippen LogP contribution in [0.3, 0.4) is 0 Å². The molecule has 0 aliphatic rings. The first-order valence-electron chi connectivity index (χ1n) is 5.02. The maximum atomic E-state index is 10.7. The molecule has 0 saturated heterocycles. The summed E-state index contributed by atoms with van der Waals surface area (Å²) in [5, 5.41) is 13.5. The SMILES string of the molecule is Nc1ccc(S(N)(=O)=O)cc1.Oc1ccccc1.[Zn]. The van der Waals surface area contributed by atoms with Crippen molar-refractivity contribution in [3.8, 4) is 5.75 Å². The van der Waals surface area contributed by atoms with E-state index in [1.165, 1.54) is 24.3 Å². The molecule has 0 bridgehead atoms. The summed E-state index contributed by atoms with van der Waals surface area (Å²) in [7, 11) is -3.58. The summed E-state index contributed by atoms with van der Waals surface area (Å²) >= 11 is 0. The predicted molar refractivity (Wildman–Crippen MR) is 70.3 cm³/mol. The van der Waals surface area contributed by atoms with Gasteiger partial charge in [0.2, 0.25) is 10.0 Å². The summed E-state index contributed by atoms with van der Waals surface area (Å²) in [5.41, 5.74) is 5.85. The predicted octanol–water partition coefficient (Wildman–Crippen LogP) is 1.31. The molecule has 0 spiro atoms. The van der Waals surface area contributed by atoms with E-state index in [9.17, 15) is 8.42 Å². The van der Waals surface area contributed by atoms with Crippen LogP contribution in [0.5, 0.6) is 5.75 Å². The number of hydrogen-bond donors (Lipinski definition) is 3. The Bertz CT molecular complexity index is 586. The number of nitrogens with two attached hydrogens (primary N) is 2. The van der Waals surface area contributed by atoms with E-state index in [0.717, 1.165) is 0 Å². The molecule has 0 saturated carbocycles. The first-order chi connectivity index (χ1) is 8.39. The van der Waals surface area contributed by atoms with Gasteiger partial charge in [-0.25, -0.2) is 13.6 Å². The smallest absolute Gasteiger partial charge is 0.238 e. The molecule has 0 aliphatic carbocycles. The van der Waals surface area contributed by atoms with E-state index in [1.54, 1.807) is 24.3 Å². The van der Waals surface area contributed by atoms with E-state index in [-0.39, 0.29) is 24.4 Å². The Labute approximate surface area is 125 Å². The molecule has 19 heavy (non-hydrogen) atoms. The van der Waals surface area contributed by atoms with E-state index in [1.807, 2.05) is 6.07 Å². The summed E-state index contributed by atoms with van der Waals surface area (Å²) in [5.74, 6) is 0.322. The summed E-state index contributed by atoms with van der Waals surface area (Å²) in [6.45, 7) is 0. The van der Waals surface area contributed by atoms with Gasteiger partial charge in [0.05, 0.1) is 4.90 Å². The van der Waals surface area contributed by atoms with Crippen LogP contribution < -0.4 is 10.9 Å². The normalized spacial score (nSPS) is 9.74. The minimum absolute atomic E-state index is 0. The van der Waals surface area contributed by atoms with Gasteiger partial charge in [0.15, 0.2) is 0 Å². The third kappa shape index (κ3) is 6.91. The number of phenolic OH excluding ortho intramolecular Hbond substituents is 1. The van der Waals surface area contributed by atoms with Gasteiger partial charge < -0.3 is 10.8 Å². The largest absolute Gasteiger partial charge is 0.508 e. The Balaban J connectivity index is 0.000000352. The minimum atomic E-state index is -3.58. The van der Waals surface area contributed by atoms with Gasteiger partial charge in [-0.3, -0.25) is 0 Å². The van der Waals surface area contributed by atoms with E-state index in [4.69, 9.17) is 16.0 Å². The summed E-state index contributed by atoms with van der Waals surface area (Å²) in [4.78, 5) is 0.0756. The van der Waals surface area contributed by atoms with Gasteiger partial charge >= 0.3 is 0 Å². The van der Waals surface area contributed by atoms with Gasteiger partial charge in [-0.15, -0.1) is 0 Å². The molecule has 2 rings (SSSR count). The molecule has 0 radical (unpaired) electrons. The maximum Gasteiger partial charge on any atom is 0.238 e. The minimum Gasteiger partial charge on any atom is -0.508 e. The van der Waals surface area contributed by atoms with E-state index >= 15 is 0 Å². The molecule has 2 aromatic rings. The number of rotatable bonds is 1. The molecule has 0 amide bonds. The molecule has 0 heterocycles. The summed E-state index contributed by atoms with van der Waals surface area (Å²) < 4.78 is 21.4. The van der Waals surface area contributed by atoms with Crippen molar-refractivity contribution in [1.29, 1.82) is 0 Å². The number of para-hydroxylation sites is 1. The Morgan fingerprint density at radius 3 is 1.68 bits per heavy atom. The summed E-state index contributed by atoms with van der Waals surface area (Å²) in [6.07, 6.45) is 0. The molecule has 0 unspecified atom stereocenters. The topological polar surface area (TPSA) is 106 Å².